The summed E-state index contributed by atoms with van der Waals surface area (Å²) in [7, 11) is 1.85. The Kier molecular flexibility index (Phi) is 2.98. The van der Waals surface area contributed by atoms with Crippen LogP contribution in [0.3, 0.4) is 0 Å². The molecule has 4 heteroatoms. The third-order valence-electron chi connectivity index (χ3n) is 2.82. The summed E-state index contributed by atoms with van der Waals surface area (Å²) in [6.45, 7) is 1.83. The topological polar surface area (TPSA) is 43.8 Å². The van der Waals surface area contributed by atoms with Crippen LogP contribution in [-0.4, -0.2) is 9.78 Å². The molecule has 0 radical (unpaired) electrons. The SMILES string of the molecule is Cn1cc(CC(C)(N)c2ccccc2F)cn1. The smallest absolute Gasteiger partial charge is 0.128 e. The van der Waals surface area contributed by atoms with E-state index in [1.54, 1.807) is 29.1 Å². The van der Waals surface area contributed by atoms with E-state index in [-0.39, 0.29) is 5.82 Å². The van der Waals surface area contributed by atoms with Crippen LogP contribution in [0.15, 0.2) is 36.7 Å². The number of hydrogen-bond acceptors (Lipinski definition) is 2. The third-order valence-corrected chi connectivity index (χ3v) is 2.82. The van der Waals surface area contributed by atoms with E-state index < -0.39 is 5.54 Å². The van der Waals surface area contributed by atoms with E-state index in [0.717, 1.165) is 5.56 Å². The molecule has 0 amide bonds. The minimum atomic E-state index is -0.728. The Morgan fingerprint density at radius 2 is 2.12 bits per heavy atom. The minimum absolute atomic E-state index is 0.263. The molecule has 1 heterocycles. The van der Waals surface area contributed by atoms with Gasteiger partial charge >= 0.3 is 0 Å². The van der Waals surface area contributed by atoms with Crippen LogP contribution in [0.1, 0.15) is 18.1 Å². The summed E-state index contributed by atoms with van der Waals surface area (Å²) in [5, 5.41) is 4.08. The zero-order valence-corrected chi connectivity index (χ0v) is 10.0. The van der Waals surface area contributed by atoms with Gasteiger partial charge in [0.25, 0.3) is 0 Å². The molecule has 0 saturated heterocycles. The van der Waals surface area contributed by atoms with Crippen molar-refractivity contribution in [1.29, 1.82) is 0 Å². The van der Waals surface area contributed by atoms with Crippen molar-refractivity contribution in [2.24, 2.45) is 12.8 Å². The highest BCUT2D eigenvalue weighted by Crippen LogP contribution is 2.24. The van der Waals surface area contributed by atoms with Crippen LogP contribution in [0.25, 0.3) is 0 Å². The fraction of sp³-hybridized carbons (Fsp3) is 0.308. The van der Waals surface area contributed by atoms with Crippen LogP contribution < -0.4 is 5.73 Å². The van der Waals surface area contributed by atoms with Gasteiger partial charge in [0, 0.05) is 24.3 Å². The number of rotatable bonds is 3. The Bertz CT molecular complexity index is 517. The van der Waals surface area contributed by atoms with Gasteiger partial charge in [-0.2, -0.15) is 5.10 Å². The van der Waals surface area contributed by atoms with Crippen molar-refractivity contribution < 1.29 is 4.39 Å². The van der Waals surface area contributed by atoms with Crippen LogP contribution in [0, 0.1) is 5.82 Å². The van der Waals surface area contributed by atoms with Gasteiger partial charge in [0.2, 0.25) is 0 Å². The number of halogens is 1. The lowest BCUT2D eigenvalue weighted by molar-refractivity contribution is 0.457. The Morgan fingerprint density at radius 1 is 1.41 bits per heavy atom. The lowest BCUT2D eigenvalue weighted by Gasteiger charge is -2.25. The largest absolute Gasteiger partial charge is 0.321 e. The number of aryl methyl sites for hydroxylation is 1. The Balaban J connectivity index is 2.27. The van der Waals surface area contributed by atoms with E-state index in [1.807, 2.05) is 20.2 Å². The third kappa shape index (κ3) is 2.53. The van der Waals surface area contributed by atoms with Crippen molar-refractivity contribution in [1.82, 2.24) is 9.78 Å². The van der Waals surface area contributed by atoms with Gasteiger partial charge in [-0.1, -0.05) is 18.2 Å². The Morgan fingerprint density at radius 3 is 2.71 bits per heavy atom. The van der Waals surface area contributed by atoms with Gasteiger partial charge in [0.15, 0.2) is 0 Å². The molecule has 0 bridgehead atoms. The van der Waals surface area contributed by atoms with Crippen molar-refractivity contribution in [3.05, 3.63) is 53.6 Å². The van der Waals surface area contributed by atoms with E-state index in [4.69, 9.17) is 5.73 Å². The van der Waals surface area contributed by atoms with Gasteiger partial charge in [-0.3, -0.25) is 4.68 Å². The first-order chi connectivity index (χ1) is 7.99. The summed E-state index contributed by atoms with van der Waals surface area (Å²) in [5.41, 5.74) is 7.01. The molecular weight excluding hydrogens is 217 g/mol. The molecule has 2 rings (SSSR count). The molecule has 0 aliphatic rings. The summed E-state index contributed by atoms with van der Waals surface area (Å²) < 4.78 is 15.4. The van der Waals surface area contributed by atoms with Gasteiger partial charge in [0.05, 0.1) is 6.20 Å². The predicted octanol–water partition coefficient (Wildman–Crippen LogP) is 1.98. The van der Waals surface area contributed by atoms with E-state index in [9.17, 15) is 4.39 Å². The first-order valence-corrected chi connectivity index (χ1v) is 5.50. The van der Waals surface area contributed by atoms with Crippen LogP contribution >= 0.6 is 0 Å². The van der Waals surface area contributed by atoms with Gasteiger partial charge < -0.3 is 5.73 Å². The molecule has 17 heavy (non-hydrogen) atoms. The molecule has 0 aliphatic carbocycles. The van der Waals surface area contributed by atoms with E-state index in [2.05, 4.69) is 5.10 Å². The van der Waals surface area contributed by atoms with Gasteiger partial charge in [0.1, 0.15) is 5.82 Å². The normalized spacial score (nSPS) is 14.6. The Hall–Kier alpha value is -1.68. The molecule has 2 N–H and O–H groups in total. The number of nitrogens with two attached hydrogens (primary N) is 1. The maximum Gasteiger partial charge on any atom is 0.128 e. The number of hydrogen-bond donors (Lipinski definition) is 1. The second kappa shape index (κ2) is 4.30. The quantitative estimate of drug-likeness (QED) is 0.881. The number of benzene rings is 1. The molecule has 1 unspecified atom stereocenters. The van der Waals surface area contributed by atoms with Crippen molar-refractivity contribution in [2.75, 3.05) is 0 Å². The molecule has 0 fully saturated rings. The molecular formula is C13H16FN3. The molecule has 2 aromatic rings. The molecule has 3 nitrogen and oxygen atoms in total. The lowest BCUT2D eigenvalue weighted by Crippen LogP contribution is -2.36. The van der Waals surface area contributed by atoms with Crippen molar-refractivity contribution in [2.45, 2.75) is 18.9 Å². The highest BCUT2D eigenvalue weighted by Gasteiger charge is 2.25. The predicted molar refractivity (Wildman–Crippen MR) is 64.9 cm³/mol. The van der Waals surface area contributed by atoms with Gasteiger partial charge in [-0.25, -0.2) is 4.39 Å². The Labute approximate surface area is 100 Å². The van der Waals surface area contributed by atoms with Crippen molar-refractivity contribution >= 4 is 0 Å². The summed E-state index contributed by atoms with van der Waals surface area (Å²) in [4.78, 5) is 0. The van der Waals surface area contributed by atoms with Crippen LogP contribution in [-0.2, 0) is 19.0 Å². The summed E-state index contributed by atoms with van der Waals surface area (Å²) in [5.74, 6) is -0.263. The number of aromatic nitrogens is 2. The van der Waals surface area contributed by atoms with Crippen LogP contribution in [0.5, 0.6) is 0 Å². The average molecular weight is 233 g/mol. The van der Waals surface area contributed by atoms with Crippen LogP contribution in [0.2, 0.25) is 0 Å². The fourth-order valence-corrected chi connectivity index (χ4v) is 2.01. The summed E-state index contributed by atoms with van der Waals surface area (Å²) >= 11 is 0. The fourth-order valence-electron chi connectivity index (χ4n) is 2.01. The standard InChI is InChI=1S/C13H16FN3/c1-13(15,7-10-8-16-17(2)9-10)11-5-3-4-6-12(11)14/h3-6,8-9H,7,15H2,1-2H3. The van der Waals surface area contributed by atoms with E-state index >= 15 is 0 Å². The molecule has 1 aromatic heterocycles. The van der Waals surface area contributed by atoms with Crippen molar-refractivity contribution in [3.8, 4) is 0 Å². The monoisotopic (exact) mass is 233 g/mol. The molecule has 1 atom stereocenters. The second-order valence-electron chi connectivity index (χ2n) is 4.60. The van der Waals surface area contributed by atoms with Gasteiger partial charge in [-0.15, -0.1) is 0 Å². The van der Waals surface area contributed by atoms with Crippen molar-refractivity contribution in [3.63, 3.8) is 0 Å². The maximum absolute atomic E-state index is 13.7. The first-order valence-electron chi connectivity index (χ1n) is 5.50. The highest BCUT2D eigenvalue weighted by molar-refractivity contribution is 5.27. The van der Waals surface area contributed by atoms with E-state index in [1.165, 1.54) is 6.07 Å². The highest BCUT2D eigenvalue weighted by atomic mass is 19.1. The van der Waals surface area contributed by atoms with Gasteiger partial charge in [-0.05, 0) is 25.0 Å². The molecule has 0 saturated carbocycles. The molecule has 0 spiro atoms. The minimum Gasteiger partial charge on any atom is -0.321 e. The summed E-state index contributed by atoms with van der Waals surface area (Å²) in [6, 6.07) is 6.63. The lowest BCUT2D eigenvalue weighted by atomic mass is 9.87. The first kappa shape index (κ1) is 11.8. The summed E-state index contributed by atoms with van der Waals surface area (Å²) in [6.07, 6.45) is 4.21. The second-order valence-corrected chi connectivity index (χ2v) is 4.60. The zero-order valence-electron chi connectivity index (χ0n) is 10.0. The average Bonchev–Trinajstić information content (AvgIpc) is 2.63. The molecule has 1 aromatic carbocycles. The molecule has 0 aliphatic heterocycles. The zero-order chi connectivity index (χ0) is 12.5. The van der Waals surface area contributed by atoms with Crippen LogP contribution in [0.4, 0.5) is 4.39 Å². The van der Waals surface area contributed by atoms with E-state index in [0.29, 0.717) is 12.0 Å². The number of nitrogens with zero attached hydrogens (tertiary/aromatic N) is 2. The maximum atomic E-state index is 13.7. The molecule has 90 valence electrons.